The first-order valence-electron chi connectivity index (χ1n) is 8.75. The van der Waals surface area contributed by atoms with Crippen molar-refractivity contribution in [1.82, 2.24) is 0 Å². The highest BCUT2D eigenvalue weighted by atomic mass is 19.2. The van der Waals surface area contributed by atoms with Crippen molar-refractivity contribution in [2.45, 2.75) is 52.4 Å². The fraction of sp³-hybridized carbons (Fsp3) is 0.409. The van der Waals surface area contributed by atoms with E-state index in [-0.39, 0.29) is 16.4 Å². The van der Waals surface area contributed by atoms with E-state index in [9.17, 15) is 13.6 Å². The molecule has 0 atom stereocenters. The third-order valence-electron chi connectivity index (χ3n) is 4.26. The molecule has 0 N–H and O–H groups in total. The zero-order chi connectivity index (χ0) is 20.6. The van der Waals surface area contributed by atoms with Gasteiger partial charge >= 0.3 is 5.97 Å². The fourth-order valence-corrected chi connectivity index (χ4v) is 2.72. The van der Waals surface area contributed by atoms with Crippen LogP contribution in [0.15, 0.2) is 30.3 Å². The van der Waals surface area contributed by atoms with Gasteiger partial charge in [-0.25, -0.2) is 13.6 Å². The molecule has 0 aromatic heterocycles. The molecule has 0 amide bonds. The van der Waals surface area contributed by atoms with Crippen LogP contribution in [-0.2, 0) is 10.8 Å². The van der Waals surface area contributed by atoms with Crippen LogP contribution in [0.2, 0.25) is 0 Å². The molecule has 0 saturated carbocycles. The molecule has 0 spiro atoms. The Labute approximate surface area is 159 Å². The van der Waals surface area contributed by atoms with Crippen molar-refractivity contribution >= 4 is 5.97 Å². The molecule has 5 heteroatoms. The molecule has 0 saturated heterocycles. The van der Waals surface area contributed by atoms with E-state index in [1.165, 1.54) is 6.07 Å². The van der Waals surface area contributed by atoms with Crippen molar-refractivity contribution in [1.29, 1.82) is 0 Å². The highest BCUT2D eigenvalue weighted by Crippen LogP contribution is 2.42. The number of methoxy groups -OCH3 is 1. The number of rotatable bonds is 3. The van der Waals surface area contributed by atoms with E-state index < -0.39 is 17.6 Å². The predicted molar refractivity (Wildman–Crippen MR) is 102 cm³/mol. The molecular weight excluding hydrogens is 350 g/mol. The van der Waals surface area contributed by atoms with Gasteiger partial charge in [0.15, 0.2) is 11.6 Å². The summed E-state index contributed by atoms with van der Waals surface area (Å²) >= 11 is 0. The van der Waals surface area contributed by atoms with Crippen molar-refractivity contribution in [3.63, 3.8) is 0 Å². The topological polar surface area (TPSA) is 35.5 Å². The van der Waals surface area contributed by atoms with E-state index in [1.807, 2.05) is 53.7 Å². The van der Waals surface area contributed by atoms with Gasteiger partial charge in [0.2, 0.25) is 0 Å². The van der Waals surface area contributed by atoms with Crippen LogP contribution >= 0.6 is 0 Å². The first-order valence-corrected chi connectivity index (χ1v) is 8.75. The molecule has 0 aliphatic carbocycles. The van der Waals surface area contributed by atoms with Gasteiger partial charge < -0.3 is 9.47 Å². The average Bonchev–Trinajstić information content (AvgIpc) is 2.55. The molecule has 0 bridgehead atoms. The van der Waals surface area contributed by atoms with E-state index in [4.69, 9.17) is 9.47 Å². The summed E-state index contributed by atoms with van der Waals surface area (Å²) in [6.45, 7) is 12.0. The molecule has 146 valence electrons. The summed E-state index contributed by atoms with van der Waals surface area (Å²) < 4.78 is 37.8. The minimum Gasteiger partial charge on any atom is -0.497 e. The van der Waals surface area contributed by atoms with Crippen LogP contribution in [0.4, 0.5) is 8.78 Å². The Hall–Kier alpha value is -2.43. The van der Waals surface area contributed by atoms with Gasteiger partial charge in [0, 0.05) is 11.1 Å². The van der Waals surface area contributed by atoms with Crippen LogP contribution in [0.5, 0.6) is 11.5 Å². The standard InChI is InChI=1S/C22H26F2O3/c1-21(2,3)15-11-14(26-7)12-16(22(4,5)6)19(15)27-20(25)13-8-9-17(23)18(24)10-13/h8-12H,1-7H3. The van der Waals surface area contributed by atoms with Crippen molar-refractivity contribution in [2.24, 2.45) is 0 Å². The van der Waals surface area contributed by atoms with Crippen LogP contribution in [0.25, 0.3) is 0 Å². The van der Waals surface area contributed by atoms with E-state index >= 15 is 0 Å². The molecule has 2 aromatic rings. The lowest BCUT2D eigenvalue weighted by Crippen LogP contribution is -2.22. The first-order chi connectivity index (χ1) is 12.3. The number of hydrogen-bond donors (Lipinski definition) is 0. The lowest BCUT2D eigenvalue weighted by atomic mass is 9.79. The monoisotopic (exact) mass is 376 g/mol. The minimum atomic E-state index is -1.09. The van der Waals surface area contributed by atoms with Gasteiger partial charge in [0.25, 0.3) is 0 Å². The number of carbonyl (C=O) groups is 1. The summed E-state index contributed by atoms with van der Waals surface area (Å²) in [4.78, 5) is 12.6. The number of ether oxygens (including phenoxy) is 2. The summed E-state index contributed by atoms with van der Waals surface area (Å²) in [5, 5.41) is 0. The maximum atomic E-state index is 13.5. The Morgan fingerprint density at radius 2 is 1.37 bits per heavy atom. The first kappa shape index (κ1) is 20.9. The Morgan fingerprint density at radius 1 is 0.852 bits per heavy atom. The van der Waals surface area contributed by atoms with Crippen molar-refractivity contribution in [3.8, 4) is 11.5 Å². The summed E-state index contributed by atoms with van der Waals surface area (Å²) in [6, 6.07) is 6.63. The molecule has 27 heavy (non-hydrogen) atoms. The summed E-state index contributed by atoms with van der Waals surface area (Å²) in [7, 11) is 1.58. The number of benzene rings is 2. The lowest BCUT2D eigenvalue weighted by molar-refractivity contribution is 0.0728. The summed E-state index contributed by atoms with van der Waals surface area (Å²) in [6.07, 6.45) is 0. The van der Waals surface area contributed by atoms with Gasteiger partial charge in [0.05, 0.1) is 12.7 Å². The van der Waals surface area contributed by atoms with E-state index in [2.05, 4.69) is 0 Å². The second-order valence-electron chi connectivity index (χ2n) is 8.57. The van der Waals surface area contributed by atoms with Gasteiger partial charge in [-0.05, 0) is 41.2 Å². The molecule has 0 radical (unpaired) electrons. The third kappa shape index (κ3) is 4.65. The molecule has 2 aromatic carbocycles. The van der Waals surface area contributed by atoms with Crippen molar-refractivity contribution in [3.05, 3.63) is 58.7 Å². The van der Waals surface area contributed by atoms with E-state index in [0.717, 1.165) is 23.3 Å². The Bertz CT molecular complexity index is 824. The number of esters is 1. The normalized spacial score (nSPS) is 12.0. The largest absolute Gasteiger partial charge is 0.497 e. The quantitative estimate of drug-likeness (QED) is 0.503. The minimum absolute atomic E-state index is 0.0514. The summed E-state index contributed by atoms with van der Waals surface area (Å²) in [5.74, 6) is -1.76. The van der Waals surface area contributed by atoms with Crippen LogP contribution in [0.1, 0.15) is 63.0 Å². The van der Waals surface area contributed by atoms with Crippen LogP contribution in [0, 0.1) is 11.6 Å². The Morgan fingerprint density at radius 3 is 1.78 bits per heavy atom. The molecule has 0 fully saturated rings. The number of hydrogen-bond acceptors (Lipinski definition) is 3. The van der Waals surface area contributed by atoms with E-state index in [0.29, 0.717) is 11.5 Å². The highest BCUT2D eigenvalue weighted by molar-refractivity contribution is 5.91. The van der Waals surface area contributed by atoms with Crippen molar-refractivity contribution < 1.29 is 23.0 Å². The van der Waals surface area contributed by atoms with E-state index in [1.54, 1.807) is 7.11 Å². The molecule has 2 rings (SSSR count). The van der Waals surface area contributed by atoms with Crippen molar-refractivity contribution in [2.75, 3.05) is 7.11 Å². The number of carbonyl (C=O) groups excluding carboxylic acids is 1. The maximum absolute atomic E-state index is 13.5. The molecule has 0 aliphatic rings. The summed E-state index contributed by atoms with van der Waals surface area (Å²) in [5.41, 5.74) is 0.867. The third-order valence-corrected chi connectivity index (χ3v) is 4.26. The zero-order valence-corrected chi connectivity index (χ0v) is 16.9. The molecule has 0 unspecified atom stereocenters. The predicted octanol–water partition coefficient (Wildman–Crippen LogP) is 5.79. The second kappa shape index (κ2) is 7.29. The Kier molecular flexibility index (Phi) is 5.64. The second-order valence-corrected chi connectivity index (χ2v) is 8.57. The smallest absolute Gasteiger partial charge is 0.343 e. The molecule has 3 nitrogen and oxygen atoms in total. The van der Waals surface area contributed by atoms with Gasteiger partial charge in [0.1, 0.15) is 11.5 Å². The van der Waals surface area contributed by atoms with Crippen LogP contribution in [-0.4, -0.2) is 13.1 Å². The molecular formula is C22H26F2O3. The van der Waals surface area contributed by atoms with Crippen LogP contribution < -0.4 is 9.47 Å². The van der Waals surface area contributed by atoms with Crippen LogP contribution in [0.3, 0.4) is 0 Å². The van der Waals surface area contributed by atoms with Gasteiger partial charge in [-0.15, -0.1) is 0 Å². The zero-order valence-electron chi connectivity index (χ0n) is 16.9. The SMILES string of the molecule is COc1cc(C(C)(C)C)c(OC(=O)c2ccc(F)c(F)c2)c(C(C)(C)C)c1. The average molecular weight is 376 g/mol. The van der Waals surface area contributed by atoms with Gasteiger partial charge in [-0.2, -0.15) is 0 Å². The molecule has 0 aliphatic heterocycles. The maximum Gasteiger partial charge on any atom is 0.343 e. The Balaban J connectivity index is 2.62. The highest BCUT2D eigenvalue weighted by Gasteiger charge is 2.30. The van der Waals surface area contributed by atoms with Gasteiger partial charge in [-0.1, -0.05) is 41.5 Å². The van der Waals surface area contributed by atoms with Gasteiger partial charge in [-0.3, -0.25) is 0 Å². The number of halogens is 2. The molecule has 0 heterocycles. The fourth-order valence-electron chi connectivity index (χ4n) is 2.72. The lowest BCUT2D eigenvalue weighted by Gasteiger charge is -2.29.